The van der Waals surface area contributed by atoms with E-state index in [1.807, 2.05) is 23.6 Å². The van der Waals surface area contributed by atoms with Crippen LogP contribution in [0.5, 0.6) is 0 Å². The third kappa shape index (κ3) is 5.53. The average molecular weight is 455 g/mol. The summed E-state index contributed by atoms with van der Waals surface area (Å²) in [5, 5.41) is 13.0. The van der Waals surface area contributed by atoms with Crippen LogP contribution in [0.25, 0.3) is 0 Å². The van der Waals surface area contributed by atoms with E-state index in [0.29, 0.717) is 10.8 Å². The molecule has 0 aliphatic rings. The average Bonchev–Trinajstić information content (AvgIpc) is 3.29. The van der Waals surface area contributed by atoms with Gasteiger partial charge in [0.25, 0.3) is 0 Å². The van der Waals surface area contributed by atoms with Gasteiger partial charge in [-0.15, -0.1) is 21.5 Å². The quantitative estimate of drug-likeness (QED) is 0.413. The lowest BCUT2D eigenvalue weighted by Crippen LogP contribution is -2.37. The Morgan fingerprint density at radius 1 is 1.21 bits per heavy atom. The molecule has 1 amide bonds. The number of thiophene rings is 1. The first kappa shape index (κ1) is 20.8. The van der Waals surface area contributed by atoms with Gasteiger partial charge in [0, 0.05) is 10.6 Å². The minimum absolute atomic E-state index is 0.332. The molecule has 1 N–H and O–H groups in total. The highest BCUT2D eigenvalue weighted by Crippen LogP contribution is 2.29. The summed E-state index contributed by atoms with van der Waals surface area (Å²) < 4.78 is 26.2. The van der Waals surface area contributed by atoms with Crippen molar-refractivity contribution in [3.8, 4) is 0 Å². The van der Waals surface area contributed by atoms with Gasteiger partial charge in [-0.1, -0.05) is 47.4 Å². The number of para-hydroxylation sites is 1. The van der Waals surface area contributed by atoms with Crippen molar-refractivity contribution in [3.63, 3.8) is 0 Å². The van der Waals surface area contributed by atoms with Gasteiger partial charge in [0.2, 0.25) is 21.1 Å². The fourth-order valence-electron chi connectivity index (χ4n) is 2.36. The molecule has 0 bridgehead atoms. The minimum Gasteiger partial charge on any atom is -0.299 e. The summed E-state index contributed by atoms with van der Waals surface area (Å²) in [5.41, 5.74) is 1.24. The molecule has 0 aliphatic carbocycles. The molecule has 0 fully saturated rings. The third-order valence-corrected chi connectivity index (χ3v) is 7.85. The highest BCUT2D eigenvalue weighted by Gasteiger charge is 2.22. The van der Waals surface area contributed by atoms with Crippen LogP contribution in [0.4, 0.5) is 10.8 Å². The van der Waals surface area contributed by atoms with Crippen LogP contribution in [0.3, 0.4) is 0 Å². The van der Waals surface area contributed by atoms with Crippen LogP contribution in [0.15, 0.2) is 46.1 Å². The predicted molar refractivity (Wildman–Crippen MR) is 116 cm³/mol. The molecule has 0 atom stereocenters. The molecular weight excluding hydrogens is 436 g/mol. The highest BCUT2D eigenvalue weighted by atomic mass is 32.2. The van der Waals surface area contributed by atoms with E-state index in [1.165, 1.54) is 16.2 Å². The van der Waals surface area contributed by atoms with Gasteiger partial charge in [0.1, 0.15) is 6.54 Å². The van der Waals surface area contributed by atoms with E-state index >= 15 is 0 Å². The van der Waals surface area contributed by atoms with Gasteiger partial charge >= 0.3 is 0 Å². The molecule has 28 heavy (non-hydrogen) atoms. The Labute approximate surface area is 175 Å². The number of rotatable bonds is 8. The number of sulfonamides is 1. The first-order valence-corrected chi connectivity index (χ1v) is 12.7. The van der Waals surface area contributed by atoms with Crippen molar-refractivity contribution < 1.29 is 13.2 Å². The SMILES string of the molecule is Cc1ccccc1N(CC(=O)Nc1nnc(SCc2cccs2)s1)S(C)(=O)=O. The lowest BCUT2D eigenvalue weighted by Gasteiger charge is -2.23. The van der Waals surface area contributed by atoms with Crippen LogP contribution in [0, 0.1) is 6.92 Å². The molecule has 2 aromatic heterocycles. The summed E-state index contributed by atoms with van der Waals surface area (Å²) in [7, 11) is -3.62. The normalized spacial score (nSPS) is 11.4. The van der Waals surface area contributed by atoms with Crippen LogP contribution in [0.2, 0.25) is 0 Å². The Hall–Kier alpha value is -1.95. The van der Waals surface area contributed by atoms with Gasteiger partial charge in [0.05, 0.1) is 11.9 Å². The Kier molecular flexibility index (Phi) is 6.70. The number of aryl methyl sites for hydroxylation is 1. The molecule has 7 nitrogen and oxygen atoms in total. The standard InChI is InChI=1S/C17H18N4O3S4/c1-12-6-3-4-8-14(12)21(28(2,23)24)10-15(22)18-16-19-20-17(27-16)26-11-13-7-5-9-25-13/h3-9H,10-11H2,1-2H3,(H,18,19,22). The van der Waals surface area contributed by atoms with Gasteiger partial charge < -0.3 is 0 Å². The van der Waals surface area contributed by atoms with Crippen molar-refractivity contribution in [1.82, 2.24) is 10.2 Å². The van der Waals surface area contributed by atoms with Crippen molar-refractivity contribution in [2.24, 2.45) is 0 Å². The van der Waals surface area contributed by atoms with Gasteiger partial charge in [-0.05, 0) is 30.0 Å². The molecule has 3 aromatic rings. The maximum absolute atomic E-state index is 12.4. The summed E-state index contributed by atoms with van der Waals surface area (Å²) in [6.45, 7) is 1.47. The Balaban J connectivity index is 1.64. The highest BCUT2D eigenvalue weighted by molar-refractivity contribution is 8.00. The molecule has 1 aromatic carbocycles. The van der Waals surface area contributed by atoms with Gasteiger partial charge in [0.15, 0.2) is 4.34 Å². The van der Waals surface area contributed by atoms with E-state index < -0.39 is 15.9 Å². The van der Waals surface area contributed by atoms with E-state index in [0.717, 1.165) is 26.2 Å². The fourth-order valence-corrected chi connectivity index (χ4v) is 5.82. The maximum Gasteiger partial charge on any atom is 0.246 e. The van der Waals surface area contributed by atoms with E-state index in [-0.39, 0.29) is 6.54 Å². The second-order valence-electron chi connectivity index (χ2n) is 5.85. The van der Waals surface area contributed by atoms with Crippen LogP contribution in [-0.2, 0) is 20.6 Å². The van der Waals surface area contributed by atoms with Gasteiger partial charge in [-0.25, -0.2) is 8.42 Å². The van der Waals surface area contributed by atoms with Crippen molar-refractivity contribution in [1.29, 1.82) is 0 Å². The van der Waals surface area contributed by atoms with E-state index in [1.54, 1.807) is 48.2 Å². The number of anilines is 2. The van der Waals surface area contributed by atoms with E-state index in [9.17, 15) is 13.2 Å². The number of aromatic nitrogens is 2. The second-order valence-corrected chi connectivity index (χ2v) is 11.0. The summed E-state index contributed by atoms with van der Waals surface area (Å²) in [6.07, 6.45) is 1.08. The molecule has 148 valence electrons. The number of thioether (sulfide) groups is 1. The van der Waals surface area contributed by atoms with Crippen LogP contribution in [-0.4, -0.2) is 37.3 Å². The number of hydrogen-bond donors (Lipinski definition) is 1. The number of nitrogens with one attached hydrogen (secondary N) is 1. The number of amides is 1. The molecule has 3 rings (SSSR count). The smallest absolute Gasteiger partial charge is 0.246 e. The number of benzene rings is 1. The largest absolute Gasteiger partial charge is 0.299 e. The lowest BCUT2D eigenvalue weighted by molar-refractivity contribution is -0.114. The van der Waals surface area contributed by atoms with Gasteiger partial charge in [-0.2, -0.15) is 0 Å². The Bertz CT molecular complexity index is 1050. The monoisotopic (exact) mass is 454 g/mol. The second kappa shape index (κ2) is 9.03. The molecule has 11 heteroatoms. The molecular formula is C17H18N4O3S4. The molecule has 0 saturated carbocycles. The number of hydrogen-bond acceptors (Lipinski definition) is 8. The van der Waals surface area contributed by atoms with Crippen molar-refractivity contribution in [2.75, 3.05) is 22.4 Å². The van der Waals surface area contributed by atoms with E-state index in [4.69, 9.17) is 0 Å². The number of carbonyl (C=O) groups excluding carboxylic acids is 1. The number of carbonyl (C=O) groups is 1. The minimum atomic E-state index is -3.62. The van der Waals surface area contributed by atoms with Gasteiger partial charge in [-0.3, -0.25) is 14.4 Å². The summed E-state index contributed by atoms with van der Waals surface area (Å²) >= 11 is 4.47. The van der Waals surface area contributed by atoms with Crippen molar-refractivity contribution in [2.45, 2.75) is 17.0 Å². The van der Waals surface area contributed by atoms with Crippen LogP contribution < -0.4 is 9.62 Å². The zero-order chi connectivity index (χ0) is 20.1. The lowest BCUT2D eigenvalue weighted by atomic mass is 10.2. The first-order chi connectivity index (χ1) is 13.3. The number of nitrogens with zero attached hydrogens (tertiary/aromatic N) is 3. The van der Waals surface area contributed by atoms with Crippen molar-refractivity contribution >= 4 is 61.2 Å². The molecule has 0 radical (unpaired) electrons. The molecule has 0 unspecified atom stereocenters. The first-order valence-electron chi connectivity index (χ1n) is 8.15. The summed E-state index contributed by atoms with van der Waals surface area (Å²) in [4.78, 5) is 13.7. The molecule has 0 spiro atoms. The fraction of sp³-hybridized carbons (Fsp3) is 0.235. The zero-order valence-corrected chi connectivity index (χ0v) is 18.4. The predicted octanol–water partition coefficient (Wildman–Crippen LogP) is 3.61. The maximum atomic E-state index is 12.4. The third-order valence-electron chi connectivity index (χ3n) is 3.64. The molecule has 0 saturated heterocycles. The molecule has 0 aliphatic heterocycles. The van der Waals surface area contributed by atoms with Crippen LogP contribution in [0.1, 0.15) is 10.4 Å². The summed E-state index contributed by atoms with van der Waals surface area (Å²) in [6, 6.07) is 11.1. The van der Waals surface area contributed by atoms with Crippen LogP contribution >= 0.6 is 34.4 Å². The zero-order valence-electron chi connectivity index (χ0n) is 15.2. The molecule has 2 heterocycles. The Morgan fingerprint density at radius 3 is 2.68 bits per heavy atom. The summed E-state index contributed by atoms with van der Waals surface area (Å²) in [5.74, 6) is 0.315. The van der Waals surface area contributed by atoms with Crippen molar-refractivity contribution in [3.05, 3.63) is 52.2 Å². The Morgan fingerprint density at radius 2 is 2.00 bits per heavy atom. The topological polar surface area (TPSA) is 92.3 Å². The van der Waals surface area contributed by atoms with E-state index in [2.05, 4.69) is 15.5 Å².